The van der Waals surface area contributed by atoms with Crippen LogP contribution in [0.1, 0.15) is 40.5 Å². The molecule has 0 aromatic heterocycles. The molecule has 96 valence electrons. The Bertz CT molecular complexity index is 301. The van der Waals surface area contributed by atoms with Crippen LogP contribution in [0.3, 0.4) is 0 Å². The molecule has 0 unspecified atom stereocenters. The van der Waals surface area contributed by atoms with Gasteiger partial charge in [0.05, 0.1) is 6.04 Å². The molecule has 1 heterocycles. The van der Waals surface area contributed by atoms with Crippen molar-refractivity contribution >= 4 is 9.73 Å². The molecule has 4 heteroatoms. The zero-order chi connectivity index (χ0) is 12.2. The van der Waals surface area contributed by atoms with Gasteiger partial charge in [-0.05, 0) is 26.7 Å². The molecular formula is C12H26N2OS. The first-order chi connectivity index (χ1) is 7.50. The molecule has 0 amide bonds. The maximum Gasteiger partial charge on any atom is 0.0618 e. The average molecular weight is 246 g/mol. The highest BCUT2D eigenvalue weighted by molar-refractivity contribution is 7.93. The van der Waals surface area contributed by atoms with E-state index in [1.807, 2.05) is 13.8 Å². The van der Waals surface area contributed by atoms with Crippen LogP contribution in [0, 0.1) is 0 Å². The summed E-state index contributed by atoms with van der Waals surface area (Å²) in [6, 6.07) is 0.963. The largest absolute Gasteiger partial charge is 0.301 e. The molecular weight excluding hydrogens is 220 g/mol. The Hall–Kier alpha value is -0.0900. The SMILES string of the molecule is CCS(=O)(CC)=NC1CCN(C(C)C)CC1. The van der Waals surface area contributed by atoms with Crippen LogP contribution in [0.5, 0.6) is 0 Å². The van der Waals surface area contributed by atoms with Gasteiger partial charge in [0, 0.05) is 40.4 Å². The van der Waals surface area contributed by atoms with Gasteiger partial charge in [0.1, 0.15) is 0 Å². The van der Waals surface area contributed by atoms with Crippen molar-refractivity contribution < 1.29 is 4.21 Å². The fourth-order valence-corrected chi connectivity index (χ4v) is 3.59. The molecule has 0 atom stereocenters. The Kier molecular flexibility index (Phi) is 5.25. The van der Waals surface area contributed by atoms with Crippen molar-refractivity contribution in [2.24, 2.45) is 4.36 Å². The zero-order valence-corrected chi connectivity index (χ0v) is 11.9. The minimum Gasteiger partial charge on any atom is -0.301 e. The zero-order valence-electron chi connectivity index (χ0n) is 11.1. The van der Waals surface area contributed by atoms with Crippen LogP contribution in [-0.2, 0) is 9.73 Å². The first-order valence-electron chi connectivity index (χ1n) is 6.46. The molecule has 3 nitrogen and oxygen atoms in total. The number of nitrogens with zero attached hydrogens (tertiary/aromatic N) is 2. The van der Waals surface area contributed by atoms with E-state index in [4.69, 9.17) is 0 Å². The molecule has 0 aromatic carbocycles. The van der Waals surface area contributed by atoms with Crippen LogP contribution < -0.4 is 0 Å². The Balaban J connectivity index is 2.58. The van der Waals surface area contributed by atoms with Gasteiger partial charge < -0.3 is 4.90 Å². The molecule has 0 radical (unpaired) electrons. The lowest BCUT2D eigenvalue weighted by Gasteiger charge is -2.33. The monoisotopic (exact) mass is 246 g/mol. The van der Waals surface area contributed by atoms with Crippen molar-refractivity contribution in [2.75, 3.05) is 24.6 Å². The third-order valence-electron chi connectivity index (χ3n) is 3.47. The molecule has 0 N–H and O–H groups in total. The molecule has 16 heavy (non-hydrogen) atoms. The Labute approximate surface area is 101 Å². The molecule has 0 aromatic rings. The summed E-state index contributed by atoms with van der Waals surface area (Å²) in [5.74, 6) is 1.40. The average Bonchev–Trinajstić information content (AvgIpc) is 2.29. The summed E-state index contributed by atoms with van der Waals surface area (Å²) in [5, 5.41) is 0. The van der Waals surface area contributed by atoms with Crippen LogP contribution >= 0.6 is 0 Å². The van der Waals surface area contributed by atoms with Gasteiger partial charge in [-0.15, -0.1) is 0 Å². The lowest BCUT2D eigenvalue weighted by atomic mass is 10.1. The third kappa shape index (κ3) is 3.74. The van der Waals surface area contributed by atoms with Gasteiger partial charge in [-0.2, -0.15) is 0 Å². The summed E-state index contributed by atoms with van der Waals surface area (Å²) in [7, 11) is -1.90. The van der Waals surface area contributed by atoms with E-state index in [9.17, 15) is 4.21 Å². The lowest BCUT2D eigenvalue weighted by Crippen LogP contribution is -2.40. The summed E-state index contributed by atoms with van der Waals surface area (Å²) in [5.41, 5.74) is 0. The highest BCUT2D eigenvalue weighted by Gasteiger charge is 2.21. The minimum absolute atomic E-state index is 0.336. The van der Waals surface area contributed by atoms with Crippen molar-refractivity contribution in [3.8, 4) is 0 Å². The summed E-state index contributed by atoms with van der Waals surface area (Å²) in [4.78, 5) is 2.48. The third-order valence-corrected chi connectivity index (χ3v) is 5.96. The molecule has 1 rings (SSSR count). The second-order valence-corrected chi connectivity index (χ2v) is 7.73. The molecule has 1 aliphatic rings. The first-order valence-corrected chi connectivity index (χ1v) is 8.31. The van der Waals surface area contributed by atoms with Gasteiger partial charge in [-0.25, -0.2) is 8.57 Å². The van der Waals surface area contributed by atoms with E-state index in [0.717, 1.165) is 25.9 Å². The minimum atomic E-state index is -1.90. The van der Waals surface area contributed by atoms with Crippen LogP contribution in [0.25, 0.3) is 0 Å². The van der Waals surface area contributed by atoms with Crippen molar-refractivity contribution in [2.45, 2.75) is 52.6 Å². The van der Waals surface area contributed by atoms with E-state index < -0.39 is 9.73 Å². The van der Waals surface area contributed by atoms with Crippen LogP contribution in [0.4, 0.5) is 0 Å². The molecule has 1 fully saturated rings. The maximum atomic E-state index is 12.2. The standard InChI is InChI=1S/C12H26N2OS/c1-5-16(15,6-2)13-12-7-9-14(10-8-12)11(3)4/h11-12H,5-10H2,1-4H3. The second kappa shape index (κ2) is 6.01. The highest BCUT2D eigenvalue weighted by Crippen LogP contribution is 2.17. The van der Waals surface area contributed by atoms with E-state index >= 15 is 0 Å². The van der Waals surface area contributed by atoms with E-state index in [1.165, 1.54) is 0 Å². The predicted octanol–water partition coefficient (Wildman–Crippen LogP) is 2.37. The van der Waals surface area contributed by atoms with E-state index in [2.05, 4.69) is 23.1 Å². The Morgan fingerprint density at radius 1 is 1.25 bits per heavy atom. The molecule has 1 saturated heterocycles. The number of hydrogen-bond donors (Lipinski definition) is 0. The van der Waals surface area contributed by atoms with Gasteiger partial charge in [-0.1, -0.05) is 13.8 Å². The normalized spacial score (nSPS) is 20.3. The van der Waals surface area contributed by atoms with Crippen molar-refractivity contribution in [1.82, 2.24) is 4.90 Å². The molecule has 0 aliphatic carbocycles. The number of piperidine rings is 1. The Morgan fingerprint density at radius 2 is 1.75 bits per heavy atom. The number of rotatable bonds is 4. The summed E-state index contributed by atoms with van der Waals surface area (Å²) in [6.45, 7) is 10.7. The van der Waals surface area contributed by atoms with Gasteiger partial charge in [-0.3, -0.25) is 0 Å². The van der Waals surface area contributed by atoms with Crippen LogP contribution in [0.2, 0.25) is 0 Å². The fourth-order valence-electron chi connectivity index (χ4n) is 2.13. The van der Waals surface area contributed by atoms with Crippen molar-refractivity contribution in [3.05, 3.63) is 0 Å². The highest BCUT2D eigenvalue weighted by atomic mass is 32.2. The maximum absolute atomic E-state index is 12.2. The molecule has 1 aliphatic heterocycles. The van der Waals surface area contributed by atoms with Crippen LogP contribution in [0.15, 0.2) is 4.36 Å². The first kappa shape index (κ1) is 14.0. The summed E-state index contributed by atoms with van der Waals surface area (Å²) in [6.07, 6.45) is 2.16. The van der Waals surface area contributed by atoms with E-state index in [-0.39, 0.29) is 0 Å². The number of likely N-dealkylation sites (tertiary alicyclic amines) is 1. The summed E-state index contributed by atoms with van der Waals surface area (Å²) < 4.78 is 16.8. The van der Waals surface area contributed by atoms with Gasteiger partial charge in [0.2, 0.25) is 0 Å². The van der Waals surface area contributed by atoms with E-state index in [1.54, 1.807) is 0 Å². The molecule has 0 spiro atoms. The quantitative estimate of drug-likeness (QED) is 0.763. The molecule has 0 bridgehead atoms. The van der Waals surface area contributed by atoms with Crippen LogP contribution in [-0.4, -0.2) is 45.8 Å². The summed E-state index contributed by atoms with van der Waals surface area (Å²) >= 11 is 0. The van der Waals surface area contributed by atoms with Crippen molar-refractivity contribution in [3.63, 3.8) is 0 Å². The Morgan fingerprint density at radius 3 is 2.12 bits per heavy atom. The smallest absolute Gasteiger partial charge is 0.0618 e. The number of hydrogen-bond acceptors (Lipinski definition) is 3. The lowest BCUT2D eigenvalue weighted by molar-refractivity contribution is 0.174. The topological polar surface area (TPSA) is 32.7 Å². The van der Waals surface area contributed by atoms with Gasteiger partial charge in [0.15, 0.2) is 0 Å². The van der Waals surface area contributed by atoms with Crippen molar-refractivity contribution in [1.29, 1.82) is 0 Å². The van der Waals surface area contributed by atoms with Gasteiger partial charge >= 0.3 is 0 Å². The van der Waals surface area contributed by atoms with Gasteiger partial charge in [0.25, 0.3) is 0 Å². The molecule has 0 saturated carbocycles. The predicted molar refractivity (Wildman–Crippen MR) is 71.4 cm³/mol. The fraction of sp³-hybridized carbons (Fsp3) is 1.00. The second-order valence-electron chi connectivity index (χ2n) is 4.82. The van der Waals surface area contributed by atoms with E-state index in [0.29, 0.717) is 23.6 Å².